The van der Waals surface area contributed by atoms with Crippen LogP contribution in [0.15, 0.2) is 42.5 Å². The van der Waals surface area contributed by atoms with E-state index in [1.54, 1.807) is 18.2 Å². The van der Waals surface area contributed by atoms with Gasteiger partial charge in [-0.2, -0.15) is 0 Å². The van der Waals surface area contributed by atoms with Crippen molar-refractivity contribution in [1.82, 2.24) is 4.90 Å². The molecule has 5 heteroatoms. The lowest BCUT2D eigenvalue weighted by molar-refractivity contribution is -0.119. The minimum atomic E-state index is -0.424. The van der Waals surface area contributed by atoms with Crippen LogP contribution in [-0.2, 0) is 4.79 Å². The van der Waals surface area contributed by atoms with E-state index in [1.807, 2.05) is 32.2 Å². The van der Waals surface area contributed by atoms with Crippen molar-refractivity contribution in [3.05, 3.63) is 64.4 Å². The van der Waals surface area contributed by atoms with Gasteiger partial charge in [-0.05, 0) is 43.3 Å². The Bertz CT molecular complexity index is 765. The first-order valence-corrected chi connectivity index (χ1v) is 8.33. The number of hydrogen-bond donors (Lipinski definition) is 1. The predicted octanol–water partition coefficient (Wildman–Crippen LogP) is 4.07. The number of benzene rings is 2. The number of amides is 1. The van der Waals surface area contributed by atoms with Gasteiger partial charge in [-0.3, -0.25) is 4.79 Å². The van der Waals surface area contributed by atoms with Crippen LogP contribution in [0, 0.1) is 18.7 Å². The molecule has 3 rings (SSSR count). The lowest BCUT2D eigenvalue weighted by Gasteiger charge is -2.19. The van der Waals surface area contributed by atoms with Gasteiger partial charge in [-0.15, -0.1) is 0 Å². The number of carbonyl (C=O) groups is 1. The van der Waals surface area contributed by atoms with Crippen LogP contribution in [-0.4, -0.2) is 30.9 Å². The van der Waals surface area contributed by atoms with E-state index in [2.05, 4.69) is 10.2 Å². The van der Waals surface area contributed by atoms with Crippen molar-refractivity contribution in [1.29, 1.82) is 0 Å². The van der Waals surface area contributed by atoms with Crippen LogP contribution in [0.5, 0.6) is 0 Å². The first kappa shape index (κ1) is 16.9. The highest BCUT2D eigenvalue weighted by atomic mass is 35.5. The molecule has 2 atom stereocenters. The van der Waals surface area contributed by atoms with Crippen molar-refractivity contribution in [3.8, 4) is 0 Å². The van der Waals surface area contributed by atoms with E-state index < -0.39 is 5.82 Å². The van der Waals surface area contributed by atoms with Crippen LogP contribution in [0.25, 0.3) is 0 Å². The van der Waals surface area contributed by atoms with Gasteiger partial charge in [0.25, 0.3) is 0 Å². The third-order valence-corrected chi connectivity index (χ3v) is 5.00. The quantitative estimate of drug-likeness (QED) is 0.908. The number of rotatable bonds is 3. The second kappa shape index (κ2) is 6.91. The number of hydrogen-bond acceptors (Lipinski definition) is 2. The third-order valence-electron chi connectivity index (χ3n) is 4.59. The molecule has 0 aliphatic carbocycles. The lowest BCUT2D eigenvalue weighted by Crippen LogP contribution is -2.28. The summed E-state index contributed by atoms with van der Waals surface area (Å²) in [6.07, 6.45) is 0. The average Bonchev–Trinajstić information content (AvgIpc) is 2.94. The van der Waals surface area contributed by atoms with E-state index in [0.717, 1.165) is 17.7 Å². The summed E-state index contributed by atoms with van der Waals surface area (Å²) in [6, 6.07) is 12.2. The second-order valence-electron chi connectivity index (χ2n) is 6.41. The lowest BCUT2D eigenvalue weighted by atomic mass is 9.88. The van der Waals surface area contributed by atoms with Gasteiger partial charge < -0.3 is 10.2 Å². The summed E-state index contributed by atoms with van der Waals surface area (Å²) in [5, 5.41) is 3.43. The predicted molar refractivity (Wildman–Crippen MR) is 94.9 cm³/mol. The van der Waals surface area contributed by atoms with Gasteiger partial charge in [-0.25, -0.2) is 4.39 Å². The summed E-state index contributed by atoms with van der Waals surface area (Å²) in [7, 11) is 1.99. The van der Waals surface area contributed by atoms with Gasteiger partial charge >= 0.3 is 0 Å². The van der Waals surface area contributed by atoms with Crippen molar-refractivity contribution in [3.63, 3.8) is 0 Å². The second-order valence-corrected chi connectivity index (χ2v) is 6.82. The van der Waals surface area contributed by atoms with Crippen molar-refractivity contribution < 1.29 is 9.18 Å². The number of carbonyl (C=O) groups excluding carboxylic acids is 1. The van der Waals surface area contributed by atoms with Crippen molar-refractivity contribution >= 4 is 23.2 Å². The molecular weight excluding hydrogens is 327 g/mol. The SMILES string of the molecule is Cc1ccc([C@H]2CN(C)C[C@@H]2C(=O)Nc2ccccc2F)cc1Cl. The molecule has 2 aromatic rings. The number of likely N-dealkylation sites (tertiary alicyclic amines) is 1. The van der Waals surface area contributed by atoms with E-state index in [1.165, 1.54) is 6.07 Å². The van der Waals surface area contributed by atoms with Crippen molar-refractivity contribution in [2.75, 3.05) is 25.5 Å². The van der Waals surface area contributed by atoms with Gasteiger partial charge in [0.2, 0.25) is 5.91 Å². The molecular formula is C19H20ClFN2O. The Morgan fingerprint density at radius 2 is 2.00 bits per heavy atom. The molecule has 1 aliphatic heterocycles. The Balaban J connectivity index is 1.83. The first-order chi connectivity index (χ1) is 11.5. The summed E-state index contributed by atoms with van der Waals surface area (Å²) in [6.45, 7) is 3.36. The number of nitrogens with one attached hydrogen (secondary N) is 1. The number of anilines is 1. The summed E-state index contributed by atoms with van der Waals surface area (Å²) in [5.41, 5.74) is 2.28. The fourth-order valence-electron chi connectivity index (χ4n) is 3.23. The maximum absolute atomic E-state index is 13.8. The zero-order valence-electron chi connectivity index (χ0n) is 13.7. The van der Waals surface area contributed by atoms with E-state index in [9.17, 15) is 9.18 Å². The molecule has 1 fully saturated rings. The normalized spacial score (nSPS) is 21.0. The molecule has 2 aromatic carbocycles. The Kier molecular flexibility index (Phi) is 4.88. The maximum Gasteiger partial charge on any atom is 0.229 e. The fourth-order valence-corrected chi connectivity index (χ4v) is 3.42. The third kappa shape index (κ3) is 3.45. The van der Waals surface area contributed by atoms with Gasteiger partial charge in [0.1, 0.15) is 5.82 Å². The van der Waals surface area contributed by atoms with Crippen LogP contribution < -0.4 is 5.32 Å². The zero-order chi connectivity index (χ0) is 17.3. The van der Waals surface area contributed by atoms with E-state index in [-0.39, 0.29) is 23.4 Å². The molecule has 0 spiro atoms. The molecule has 126 valence electrons. The number of aryl methyl sites for hydroxylation is 1. The Morgan fingerprint density at radius 3 is 2.71 bits per heavy atom. The minimum absolute atomic E-state index is 0.0415. The standard InChI is InChI=1S/C19H20ClFN2O/c1-12-7-8-13(9-16(12)20)14-10-23(2)11-15(14)19(24)22-18-6-4-3-5-17(18)21/h3-9,14-15H,10-11H2,1-2H3,(H,22,24)/t14-,15+/m1/s1. The van der Waals surface area contributed by atoms with Crippen LogP contribution >= 0.6 is 11.6 Å². The maximum atomic E-state index is 13.8. The zero-order valence-corrected chi connectivity index (χ0v) is 14.5. The monoisotopic (exact) mass is 346 g/mol. The first-order valence-electron chi connectivity index (χ1n) is 7.95. The molecule has 1 N–H and O–H groups in total. The molecule has 1 heterocycles. The molecule has 0 unspecified atom stereocenters. The van der Waals surface area contributed by atoms with Crippen molar-refractivity contribution in [2.24, 2.45) is 5.92 Å². The van der Waals surface area contributed by atoms with Gasteiger partial charge in [0, 0.05) is 24.0 Å². The number of nitrogens with zero attached hydrogens (tertiary/aromatic N) is 1. The summed E-state index contributed by atoms with van der Waals surface area (Å²) >= 11 is 6.24. The molecule has 0 aromatic heterocycles. The van der Waals surface area contributed by atoms with Crippen LogP contribution in [0.2, 0.25) is 5.02 Å². The smallest absolute Gasteiger partial charge is 0.229 e. The molecule has 1 aliphatic rings. The van der Waals surface area contributed by atoms with Crippen molar-refractivity contribution in [2.45, 2.75) is 12.8 Å². The molecule has 0 saturated carbocycles. The number of halogens is 2. The highest BCUT2D eigenvalue weighted by molar-refractivity contribution is 6.31. The average molecular weight is 347 g/mol. The molecule has 24 heavy (non-hydrogen) atoms. The van der Waals surface area contributed by atoms with Gasteiger partial charge in [-0.1, -0.05) is 35.9 Å². The van der Waals surface area contributed by atoms with Crippen LogP contribution in [0.4, 0.5) is 10.1 Å². The molecule has 0 bridgehead atoms. The molecule has 3 nitrogen and oxygen atoms in total. The topological polar surface area (TPSA) is 32.3 Å². The highest BCUT2D eigenvalue weighted by Gasteiger charge is 2.37. The van der Waals surface area contributed by atoms with Gasteiger partial charge in [0.15, 0.2) is 0 Å². The van der Waals surface area contributed by atoms with Crippen LogP contribution in [0.1, 0.15) is 17.0 Å². The largest absolute Gasteiger partial charge is 0.323 e. The fraction of sp³-hybridized carbons (Fsp3) is 0.316. The Hall–Kier alpha value is -1.91. The number of likely N-dealkylation sites (N-methyl/N-ethyl adjacent to an activating group) is 1. The summed E-state index contributed by atoms with van der Waals surface area (Å²) < 4.78 is 13.8. The number of para-hydroxylation sites is 1. The van der Waals surface area contributed by atoms with Gasteiger partial charge in [0.05, 0.1) is 11.6 Å². The van der Waals surface area contributed by atoms with E-state index in [4.69, 9.17) is 11.6 Å². The van der Waals surface area contributed by atoms with E-state index >= 15 is 0 Å². The van der Waals surface area contributed by atoms with E-state index in [0.29, 0.717) is 11.6 Å². The summed E-state index contributed by atoms with van der Waals surface area (Å²) in [4.78, 5) is 14.8. The highest BCUT2D eigenvalue weighted by Crippen LogP contribution is 2.34. The Morgan fingerprint density at radius 1 is 1.25 bits per heavy atom. The molecule has 1 amide bonds. The molecule has 0 radical (unpaired) electrons. The Labute approximate surface area is 146 Å². The van der Waals surface area contributed by atoms with Crippen LogP contribution in [0.3, 0.4) is 0 Å². The molecule has 1 saturated heterocycles. The minimum Gasteiger partial charge on any atom is -0.323 e. The summed E-state index contributed by atoms with van der Waals surface area (Å²) in [5.74, 6) is -0.786.